The van der Waals surface area contributed by atoms with Crippen molar-refractivity contribution in [2.75, 3.05) is 19.6 Å². The summed E-state index contributed by atoms with van der Waals surface area (Å²) in [6.07, 6.45) is 2.60. The zero-order valence-electron chi connectivity index (χ0n) is 11.7. The third-order valence-electron chi connectivity index (χ3n) is 3.42. The highest BCUT2D eigenvalue weighted by atomic mass is 32.2. The molecule has 1 aliphatic rings. The Bertz CT molecular complexity index is 335. The molecule has 3 N–H and O–H groups in total. The topological polar surface area (TPSA) is 75.4 Å². The average molecular weight is 277 g/mol. The number of nitrogens with two attached hydrogens (primary N) is 1. The minimum atomic E-state index is -3.32. The monoisotopic (exact) mass is 277 g/mol. The van der Waals surface area contributed by atoms with Gasteiger partial charge in [0.15, 0.2) is 0 Å². The van der Waals surface area contributed by atoms with Crippen molar-refractivity contribution in [3.05, 3.63) is 0 Å². The highest BCUT2D eigenvalue weighted by Crippen LogP contribution is 2.18. The Morgan fingerprint density at radius 3 is 2.28 bits per heavy atom. The van der Waals surface area contributed by atoms with Crippen LogP contribution in [-0.4, -0.2) is 38.4 Å². The van der Waals surface area contributed by atoms with Gasteiger partial charge in [-0.05, 0) is 44.6 Å². The molecule has 0 aromatic heterocycles. The van der Waals surface area contributed by atoms with Gasteiger partial charge in [0.05, 0.1) is 0 Å². The van der Waals surface area contributed by atoms with Crippen molar-refractivity contribution < 1.29 is 8.42 Å². The number of hydrogen-bond acceptors (Lipinski definition) is 3. The summed E-state index contributed by atoms with van der Waals surface area (Å²) < 4.78 is 28.6. The Labute approximate surface area is 111 Å². The van der Waals surface area contributed by atoms with Crippen LogP contribution in [0.1, 0.15) is 40.0 Å². The first kappa shape index (κ1) is 15.9. The number of rotatable bonds is 6. The predicted octanol–water partition coefficient (Wildman–Crippen LogP) is 0.926. The van der Waals surface area contributed by atoms with Crippen LogP contribution in [0.25, 0.3) is 0 Å². The fourth-order valence-corrected chi connectivity index (χ4v) is 3.91. The van der Waals surface area contributed by atoms with Crippen molar-refractivity contribution in [2.24, 2.45) is 17.6 Å². The minimum absolute atomic E-state index is 0.0118. The molecule has 1 fully saturated rings. The molecule has 1 rings (SSSR count). The molecule has 0 amide bonds. The molecular formula is C12H27N3O2S. The summed E-state index contributed by atoms with van der Waals surface area (Å²) in [6, 6.07) is -0.0118. The van der Waals surface area contributed by atoms with Gasteiger partial charge in [0.1, 0.15) is 0 Å². The van der Waals surface area contributed by atoms with Crippen molar-refractivity contribution in [3.63, 3.8) is 0 Å². The Hall–Kier alpha value is -0.170. The van der Waals surface area contributed by atoms with E-state index in [0.717, 1.165) is 19.3 Å². The fraction of sp³-hybridized carbons (Fsp3) is 1.00. The van der Waals surface area contributed by atoms with Crippen LogP contribution in [0.2, 0.25) is 0 Å². The fourth-order valence-electron chi connectivity index (χ4n) is 2.47. The molecule has 0 radical (unpaired) electrons. The van der Waals surface area contributed by atoms with Gasteiger partial charge >= 0.3 is 0 Å². The van der Waals surface area contributed by atoms with Gasteiger partial charge in [0, 0.05) is 19.1 Å². The maximum atomic E-state index is 12.2. The first-order chi connectivity index (χ1) is 8.35. The molecular weight excluding hydrogens is 250 g/mol. The lowest BCUT2D eigenvalue weighted by molar-refractivity contribution is 0.274. The first-order valence-corrected chi connectivity index (χ1v) is 8.26. The number of nitrogens with one attached hydrogen (secondary N) is 1. The molecule has 1 atom stereocenters. The molecule has 0 aromatic rings. The summed E-state index contributed by atoms with van der Waals surface area (Å²) in [5, 5.41) is 0. The standard InChI is InChI=1S/C12H27N3O2S/c1-10(2)8-11(3)14-18(16,17)15-6-4-12(9-13)5-7-15/h10-12,14H,4-9,13H2,1-3H3. The van der Waals surface area contributed by atoms with Crippen LogP contribution in [0, 0.1) is 11.8 Å². The van der Waals surface area contributed by atoms with Crippen LogP contribution >= 0.6 is 0 Å². The van der Waals surface area contributed by atoms with Gasteiger partial charge in [-0.25, -0.2) is 0 Å². The average Bonchev–Trinajstić information content (AvgIpc) is 2.27. The molecule has 0 aromatic carbocycles. The normalized spacial score (nSPS) is 21.4. The first-order valence-electron chi connectivity index (χ1n) is 6.82. The van der Waals surface area contributed by atoms with Gasteiger partial charge in [-0.15, -0.1) is 0 Å². The molecule has 18 heavy (non-hydrogen) atoms. The molecule has 1 unspecified atom stereocenters. The van der Waals surface area contributed by atoms with Gasteiger partial charge in [0.25, 0.3) is 10.2 Å². The van der Waals surface area contributed by atoms with Crippen LogP contribution in [-0.2, 0) is 10.2 Å². The second kappa shape index (κ2) is 6.84. The van der Waals surface area contributed by atoms with Crippen LogP contribution in [0.3, 0.4) is 0 Å². The van der Waals surface area contributed by atoms with Crippen molar-refractivity contribution >= 4 is 10.2 Å². The summed E-state index contributed by atoms with van der Waals surface area (Å²) in [5.74, 6) is 0.968. The smallest absolute Gasteiger partial charge is 0.279 e. The van der Waals surface area contributed by atoms with Gasteiger partial charge in [-0.1, -0.05) is 13.8 Å². The Balaban J connectivity index is 2.49. The maximum Gasteiger partial charge on any atom is 0.279 e. The van der Waals surface area contributed by atoms with E-state index >= 15 is 0 Å². The van der Waals surface area contributed by atoms with Gasteiger partial charge < -0.3 is 5.73 Å². The molecule has 0 saturated carbocycles. The van der Waals surface area contributed by atoms with E-state index in [1.807, 2.05) is 6.92 Å². The van der Waals surface area contributed by atoms with E-state index in [-0.39, 0.29) is 6.04 Å². The van der Waals surface area contributed by atoms with E-state index in [0.29, 0.717) is 31.5 Å². The molecule has 1 heterocycles. The number of hydrogen-bond donors (Lipinski definition) is 2. The minimum Gasteiger partial charge on any atom is -0.330 e. The molecule has 5 nitrogen and oxygen atoms in total. The van der Waals surface area contributed by atoms with E-state index in [1.165, 1.54) is 0 Å². The van der Waals surface area contributed by atoms with E-state index in [4.69, 9.17) is 5.73 Å². The van der Waals surface area contributed by atoms with Gasteiger partial charge in [0.2, 0.25) is 0 Å². The summed E-state index contributed by atoms with van der Waals surface area (Å²) in [4.78, 5) is 0. The molecule has 1 saturated heterocycles. The predicted molar refractivity (Wildman–Crippen MR) is 74.3 cm³/mol. The van der Waals surface area contributed by atoms with Crippen LogP contribution < -0.4 is 10.5 Å². The van der Waals surface area contributed by atoms with E-state index in [1.54, 1.807) is 4.31 Å². The second-order valence-electron chi connectivity index (χ2n) is 5.73. The lowest BCUT2D eigenvalue weighted by atomic mass is 9.99. The van der Waals surface area contributed by atoms with Crippen LogP contribution in [0.15, 0.2) is 0 Å². The highest BCUT2D eigenvalue weighted by molar-refractivity contribution is 7.87. The largest absolute Gasteiger partial charge is 0.330 e. The van der Waals surface area contributed by atoms with Crippen LogP contribution in [0.4, 0.5) is 0 Å². The van der Waals surface area contributed by atoms with E-state index in [2.05, 4.69) is 18.6 Å². The second-order valence-corrected chi connectivity index (χ2v) is 7.43. The number of piperidine rings is 1. The Morgan fingerprint density at radius 2 is 1.83 bits per heavy atom. The summed E-state index contributed by atoms with van der Waals surface area (Å²) in [5.41, 5.74) is 5.61. The molecule has 1 aliphatic heterocycles. The van der Waals surface area contributed by atoms with Gasteiger partial charge in [-0.2, -0.15) is 17.4 Å². The van der Waals surface area contributed by atoms with E-state index in [9.17, 15) is 8.42 Å². The lowest BCUT2D eigenvalue weighted by Crippen LogP contribution is -2.48. The molecule has 6 heteroatoms. The third kappa shape index (κ3) is 4.84. The van der Waals surface area contributed by atoms with E-state index < -0.39 is 10.2 Å². The summed E-state index contributed by atoms with van der Waals surface area (Å²) in [7, 11) is -3.32. The zero-order chi connectivity index (χ0) is 13.8. The third-order valence-corrected chi connectivity index (χ3v) is 5.17. The SMILES string of the molecule is CC(C)CC(C)NS(=O)(=O)N1CCC(CN)CC1. The molecule has 108 valence electrons. The Kier molecular flexibility index (Phi) is 6.04. The quantitative estimate of drug-likeness (QED) is 0.758. The molecule has 0 spiro atoms. The van der Waals surface area contributed by atoms with Crippen molar-refractivity contribution in [2.45, 2.75) is 46.1 Å². The Morgan fingerprint density at radius 1 is 1.28 bits per heavy atom. The van der Waals surface area contributed by atoms with Gasteiger partial charge in [-0.3, -0.25) is 0 Å². The van der Waals surface area contributed by atoms with Crippen molar-refractivity contribution in [3.8, 4) is 0 Å². The zero-order valence-corrected chi connectivity index (χ0v) is 12.5. The number of nitrogens with zero attached hydrogens (tertiary/aromatic N) is 1. The van der Waals surface area contributed by atoms with Crippen LogP contribution in [0.5, 0.6) is 0 Å². The lowest BCUT2D eigenvalue weighted by Gasteiger charge is -2.31. The highest BCUT2D eigenvalue weighted by Gasteiger charge is 2.28. The van der Waals surface area contributed by atoms with Crippen molar-refractivity contribution in [1.82, 2.24) is 9.03 Å². The molecule has 0 aliphatic carbocycles. The summed E-state index contributed by atoms with van der Waals surface area (Å²) in [6.45, 7) is 7.95. The summed E-state index contributed by atoms with van der Waals surface area (Å²) >= 11 is 0. The maximum absolute atomic E-state index is 12.2. The van der Waals surface area contributed by atoms with Crippen molar-refractivity contribution in [1.29, 1.82) is 0 Å². The molecule has 0 bridgehead atoms.